The maximum absolute atomic E-state index is 14.1. The van der Waals surface area contributed by atoms with E-state index >= 15 is 0 Å². The first-order valence-electron chi connectivity index (χ1n) is 26.8. The van der Waals surface area contributed by atoms with Gasteiger partial charge in [0.15, 0.2) is 0 Å². The first-order chi connectivity index (χ1) is 35.7. The number of amides is 8. The Morgan fingerprint density at radius 1 is 0.514 bits per heavy atom. The Hall–Kier alpha value is -5.96. The molecule has 4 saturated heterocycles. The zero-order valence-electron chi connectivity index (χ0n) is 43.5. The molecule has 12 atom stereocenters. The van der Waals surface area contributed by atoms with Crippen LogP contribution in [0, 0.1) is 11.8 Å². The molecule has 406 valence electrons. The standard InChI is InChI=1S/C54H80N10O10/c1-33(55-3)47(67)61-45-37(31-65)21-23-39-25-27-41(63(39)53(45)73)49(69)59-43(35-17-11-9-12-18-35)51(71)57-29-15-7-5-6-8-16-30-58-52(72)44(36-19-13-10-14-20-36)60-50(70)42-28-26-40-24-22-38(32-66)46(54(74)64(40)42)62-48(68)34(2)56-4/h9-14,17-20,33-34,37-46,55-56,65-66H,5-8,15-16,21-32H2,1-4H3,(H,57,71)(H,58,72)(H,59,69)(H,60,70)(H,61,67)(H,62,68). The maximum Gasteiger partial charge on any atom is 0.247 e. The number of unbranched alkanes of at least 4 members (excludes halogenated alkanes) is 5. The predicted molar refractivity (Wildman–Crippen MR) is 276 cm³/mol. The number of carbonyl (C=O) groups excluding carboxylic acids is 8. The number of aliphatic hydroxyl groups excluding tert-OH is 2. The molecule has 4 aliphatic rings. The summed E-state index contributed by atoms with van der Waals surface area (Å²) < 4.78 is 0. The Morgan fingerprint density at radius 3 is 1.22 bits per heavy atom. The molecule has 0 aliphatic carbocycles. The lowest BCUT2D eigenvalue weighted by atomic mass is 9.94. The highest BCUT2D eigenvalue weighted by Crippen LogP contribution is 2.36. The molecule has 0 aromatic heterocycles. The van der Waals surface area contributed by atoms with Crippen LogP contribution >= 0.6 is 0 Å². The Labute approximate surface area is 435 Å². The average Bonchev–Trinajstić information content (AvgIpc) is 3.99. The summed E-state index contributed by atoms with van der Waals surface area (Å²) in [6, 6.07) is 10.6. The van der Waals surface area contributed by atoms with Gasteiger partial charge in [-0.15, -0.1) is 0 Å². The molecule has 12 unspecified atom stereocenters. The van der Waals surface area contributed by atoms with Crippen LogP contribution in [0.1, 0.15) is 127 Å². The summed E-state index contributed by atoms with van der Waals surface area (Å²) in [4.78, 5) is 113. The van der Waals surface area contributed by atoms with Gasteiger partial charge in [-0.05, 0) is 103 Å². The van der Waals surface area contributed by atoms with Crippen LogP contribution in [0.2, 0.25) is 0 Å². The molecule has 0 spiro atoms. The van der Waals surface area contributed by atoms with Gasteiger partial charge in [-0.25, -0.2) is 0 Å². The predicted octanol–water partition coefficient (Wildman–Crippen LogP) is 0.984. The smallest absolute Gasteiger partial charge is 0.247 e. The number of benzene rings is 2. The molecular weight excluding hydrogens is 949 g/mol. The summed E-state index contributed by atoms with van der Waals surface area (Å²) in [5.41, 5.74) is 1.19. The molecule has 20 nitrogen and oxygen atoms in total. The van der Waals surface area contributed by atoms with Crippen LogP contribution in [0.4, 0.5) is 0 Å². The number of fused-ring (bicyclic) bond motifs is 2. The van der Waals surface area contributed by atoms with Crippen LogP contribution in [0.5, 0.6) is 0 Å². The van der Waals surface area contributed by atoms with Crippen molar-refractivity contribution in [3.8, 4) is 0 Å². The van der Waals surface area contributed by atoms with E-state index < -0.39 is 83.8 Å². The van der Waals surface area contributed by atoms with E-state index in [1.54, 1.807) is 86.3 Å². The fourth-order valence-corrected chi connectivity index (χ4v) is 10.9. The topological polar surface area (TPSA) is 280 Å². The summed E-state index contributed by atoms with van der Waals surface area (Å²) in [5.74, 6) is -4.23. The zero-order chi connectivity index (χ0) is 53.3. The minimum atomic E-state index is -1.01. The molecule has 2 aromatic rings. The number of rotatable bonds is 25. The number of nitrogens with one attached hydrogen (secondary N) is 8. The number of likely N-dealkylation sites (N-methyl/N-ethyl adjacent to an activating group) is 2. The minimum Gasteiger partial charge on any atom is -0.396 e. The van der Waals surface area contributed by atoms with E-state index in [-0.39, 0.29) is 48.9 Å². The van der Waals surface area contributed by atoms with Gasteiger partial charge in [0.2, 0.25) is 47.3 Å². The van der Waals surface area contributed by atoms with Crippen LogP contribution in [-0.4, -0.2) is 156 Å². The van der Waals surface area contributed by atoms with Gasteiger partial charge in [-0.1, -0.05) is 86.3 Å². The molecule has 6 rings (SSSR count). The Morgan fingerprint density at radius 2 is 0.865 bits per heavy atom. The number of hydrogen-bond donors (Lipinski definition) is 10. The normalized spacial score (nSPS) is 25.2. The summed E-state index contributed by atoms with van der Waals surface area (Å²) in [7, 11) is 3.28. The molecule has 0 bridgehead atoms. The van der Waals surface area contributed by atoms with E-state index in [9.17, 15) is 48.6 Å². The number of aliphatic hydroxyl groups is 2. The van der Waals surface area contributed by atoms with Gasteiger partial charge in [0, 0.05) is 50.2 Å². The van der Waals surface area contributed by atoms with Crippen molar-refractivity contribution in [3.63, 3.8) is 0 Å². The molecule has 8 amide bonds. The molecule has 4 heterocycles. The molecule has 0 radical (unpaired) electrons. The first kappa shape index (κ1) is 57.3. The van der Waals surface area contributed by atoms with Crippen molar-refractivity contribution in [2.75, 3.05) is 40.4 Å². The lowest BCUT2D eigenvalue weighted by Gasteiger charge is -2.33. The van der Waals surface area contributed by atoms with Gasteiger partial charge < -0.3 is 62.5 Å². The largest absolute Gasteiger partial charge is 0.396 e. The van der Waals surface area contributed by atoms with Crippen LogP contribution < -0.4 is 42.5 Å². The summed E-state index contributed by atoms with van der Waals surface area (Å²) in [5, 5.41) is 43.6. The Balaban J connectivity index is 0.949. The van der Waals surface area contributed by atoms with E-state index in [4.69, 9.17) is 0 Å². The van der Waals surface area contributed by atoms with Gasteiger partial charge in [-0.3, -0.25) is 38.4 Å². The monoisotopic (exact) mass is 1030 g/mol. The maximum atomic E-state index is 14.1. The van der Waals surface area contributed by atoms with Gasteiger partial charge in [0.05, 0.1) is 12.1 Å². The van der Waals surface area contributed by atoms with Crippen molar-refractivity contribution in [1.82, 2.24) is 52.3 Å². The quantitative estimate of drug-likeness (QED) is 0.0624. The van der Waals surface area contributed by atoms with Crippen molar-refractivity contribution in [2.45, 2.75) is 164 Å². The van der Waals surface area contributed by atoms with E-state index in [2.05, 4.69) is 42.5 Å². The Bertz CT molecular complexity index is 2070. The van der Waals surface area contributed by atoms with Gasteiger partial charge in [0.25, 0.3) is 0 Å². The van der Waals surface area contributed by atoms with E-state index in [1.807, 2.05) is 12.1 Å². The second-order valence-electron chi connectivity index (χ2n) is 20.4. The van der Waals surface area contributed by atoms with Gasteiger partial charge >= 0.3 is 0 Å². The molecule has 2 aromatic carbocycles. The third kappa shape index (κ3) is 14.5. The van der Waals surface area contributed by atoms with Crippen molar-refractivity contribution in [2.24, 2.45) is 11.8 Å². The molecular formula is C54H80N10O10. The number of nitrogens with zero attached hydrogens (tertiary/aromatic N) is 2. The van der Waals surface area contributed by atoms with Crippen molar-refractivity contribution in [3.05, 3.63) is 71.8 Å². The molecule has 10 N–H and O–H groups in total. The molecule has 4 fully saturated rings. The summed E-state index contributed by atoms with van der Waals surface area (Å²) in [6.07, 6.45) is 9.00. The Kier molecular flexibility index (Phi) is 21.8. The molecule has 74 heavy (non-hydrogen) atoms. The highest BCUT2D eigenvalue weighted by molar-refractivity contribution is 5.97. The number of carbonyl (C=O) groups is 8. The van der Waals surface area contributed by atoms with Crippen molar-refractivity contribution < 1.29 is 48.6 Å². The lowest BCUT2D eigenvalue weighted by molar-refractivity contribution is -0.144. The van der Waals surface area contributed by atoms with E-state index in [0.29, 0.717) is 88.4 Å². The van der Waals surface area contributed by atoms with E-state index in [1.165, 1.54) is 0 Å². The highest BCUT2D eigenvalue weighted by Gasteiger charge is 2.50. The number of hydrogen-bond acceptors (Lipinski definition) is 12. The molecule has 0 saturated carbocycles. The van der Waals surface area contributed by atoms with Crippen molar-refractivity contribution in [1.29, 1.82) is 0 Å². The third-order valence-corrected chi connectivity index (χ3v) is 15.6. The fraction of sp³-hybridized carbons (Fsp3) is 0.630. The van der Waals surface area contributed by atoms with Gasteiger partial charge in [-0.2, -0.15) is 0 Å². The molecule has 20 heteroatoms. The SMILES string of the molecule is CNC(C)C(=O)NC1C(=O)N2C(CCC1CO)CCC2C(=O)NC(C(=O)NCCCCCCCCNC(=O)C(NC(=O)C1CCC2CCC(CO)C(NC(=O)C(C)NC)C(=O)N21)c1ccccc1)c1ccccc1. The minimum absolute atomic E-state index is 0.232. The lowest BCUT2D eigenvalue weighted by Crippen LogP contribution is -2.58. The van der Waals surface area contributed by atoms with Crippen LogP contribution in [0.25, 0.3) is 0 Å². The second kappa shape index (κ2) is 28.1. The van der Waals surface area contributed by atoms with Crippen LogP contribution in [0.3, 0.4) is 0 Å². The van der Waals surface area contributed by atoms with Crippen molar-refractivity contribution >= 4 is 47.3 Å². The zero-order valence-corrected chi connectivity index (χ0v) is 43.5. The second-order valence-corrected chi connectivity index (χ2v) is 20.4. The highest BCUT2D eigenvalue weighted by atomic mass is 16.3. The van der Waals surface area contributed by atoms with E-state index in [0.717, 1.165) is 25.7 Å². The third-order valence-electron chi connectivity index (χ3n) is 15.6. The summed E-state index contributed by atoms with van der Waals surface area (Å²) in [6.45, 7) is 3.54. The molecule has 4 aliphatic heterocycles. The average molecular weight is 1030 g/mol. The summed E-state index contributed by atoms with van der Waals surface area (Å²) >= 11 is 0. The van der Waals surface area contributed by atoms with Gasteiger partial charge in [0.1, 0.15) is 36.3 Å². The van der Waals surface area contributed by atoms with Crippen LogP contribution in [-0.2, 0) is 38.4 Å². The fourth-order valence-electron chi connectivity index (χ4n) is 10.9. The first-order valence-corrected chi connectivity index (χ1v) is 26.8. The van der Waals surface area contributed by atoms with Crippen LogP contribution in [0.15, 0.2) is 60.7 Å².